The third-order valence-electron chi connectivity index (χ3n) is 7.70. The lowest BCUT2D eigenvalue weighted by atomic mass is 9.85. The molecule has 0 fully saturated rings. The van der Waals surface area contributed by atoms with E-state index in [1.54, 1.807) is 23.6 Å². The number of hydrogen-bond donors (Lipinski definition) is 2. The van der Waals surface area contributed by atoms with E-state index >= 15 is 0 Å². The van der Waals surface area contributed by atoms with Crippen molar-refractivity contribution in [1.29, 1.82) is 0 Å². The molecule has 2 N–H and O–H groups in total. The first kappa shape index (κ1) is 24.6. The highest BCUT2D eigenvalue weighted by Crippen LogP contribution is 2.43. The standard InChI is InChI=1S/C27H24ClN3O7/c1-2-27(36)17-10-20-23-15(11-31(20)24(33)16(17)12-38-25(27)34)13-4-3-5-14-18(6-7-19(29-23)22(13)14)30-26(35)37-9-8-21(28)32/h6-7,10,36H,2-5,8-9,11-12H2,1H3,(H,30,35)/t27-/m0/s1. The van der Waals surface area contributed by atoms with Gasteiger partial charge in [-0.1, -0.05) is 6.92 Å². The van der Waals surface area contributed by atoms with Gasteiger partial charge in [-0.3, -0.25) is 14.9 Å². The SMILES string of the molecule is CC[C@@]1(O)C(=O)OCc2c1cc1n(c2=O)Cc2c-1nc1ccc(NC(=O)OCCC(=O)Cl)c3c1c2CCC3. The molecule has 0 saturated heterocycles. The number of benzene rings is 1. The zero-order chi connectivity index (χ0) is 26.8. The van der Waals surface area contributed by atoms with Crippen molar-refractivity contribution in [1.82, 2.24) is 9.55 Å². The number of nitrogens with one attached hydrogen (secondary N) is 1. The summed E-state index contributed by atoms with van der Waals surface area (Å²) in [4.78, 5) is 54.1. The van der Waals surface area contributed by atoms with Gasteiger partial charge in [0.2, 0.25) is 5.24 Å². The van der Waals surface area contributed by atoms with Gasteiger partial charge in [-0.15, -0.1) is 0 Å². The number of pyridine rings is 2. The first-order chi connectivity index (χ1) is 18.2. The van der Waals surface area contributed by atoms with Crippen molar-refractivity contribution >= 4 is 45.5 Å². The molecule has 1 aromatic carbocycles. The molecule has 6 rings (SSSR count). The van der Waals surface area contributed by atoms with Crippen molar-refractivity contribution in [2.24, 2.45) is 0 Å². The van der Waals surface area contributed by atoms with Crippen LogP contribution in [0.25, 0.3) is 22.3 Å². The summed E-state index contributed by atoms with van der Waals surface area (Å²) in [6, 6.07) is 5.28. The molecule has 0 spiro atoms. The highest BCUT2D eigenvalue weighted by Gasteiger charge is 2.45. The molecule has 0 unspecified atom stereocenters. The number of aliphatic hydroxyl groups is 1. The Morgan fingerprint density at radius 1 is 1.21 bits per heavy atom. The van der Waals surface area contributed by atoms with E-state index in [-0.39, 0.29) is 42.7 Å². The van der Waals surface area contributed by atoms with Gasteiger partial charge in [0, 0.05) is 22.2 Å². The Hall–Kier alpha value is -3.76. The number of cyclic esters (lactones) is 1. The predicted molar refractivity (Wildman–Crippen MR) is 137 cm³/mol. The van der Waals surface area contributed by atoms with E-state index in [4.69, 9.17) is 26.1 Å². The van der Waals surface area contributed by atoms with Crippen molar-refractivity contribution < 1.29 is 29.0 Å². The minimum absolute atomic E-state index is 0.0704. The lowest BCUT2D eigenvalue weighted by Crippen LogP contribution is -2.44. The summed E-state index contributed by atoms with van der Waals surface area (Å²) < 4.78 is 11.9. The molecule has 1 amide bonds. The van der Waals surface area contributed by atoms with Crippen LogP contribution in [0.3, 0.4) is 0 Å². The smallest absolute Gasteiger partial charge is 0.411 e. The fourth-order valence-corrected chi connectivity index (χ4v) is 5.88. The molecule has 196 valence electrons. The average Bonchev–Trinajstić information content (AvgIpc) is 3.27. The van der Waals surface area contributed by atoms with Crippen molar-refractivity contribution in [3.8, 4) is 11.4 Å². The van der Waals surface area contributed by atoms with Crippen LogP contribution in [-0.4, -0.2) is 38.6 Å². The van der Waals surface area contributed by atoms with Gasteiger partial charge in [-0.05, 0) is 66.6 Å². The molecule has 0 bridgehead atoms. The fourth-order valence-electron chi connectivity index (χ4n) is 5.80. The number of carbonyl (C=O) groups is 3. The minimum atomic E-state index is -1.88. The second-order valence-electron chi connectivity index (χ2n) is 9.73. The normalized spacial score (nSPS) is 18.9. The van der Waals surface area contributed by atoms with E-state index < -0.39 is 22.9 Å². The minimum Gasteiger partial charge on any atom is -0.458 e. The highest BCUT2D eigenvalue weighted by atomic mass is 35.5. The number of carbonyl (C=O) groups excluding carboxylic acids is 3. The van der Waals surface area contributed by atoms with Crippen molar-refractivity contribution in [3.63, 3.8) is 0 Å². The molecule has 3 aliphatic rings. The average molecular weight is 538 g/mol. The zero-order valence-corrected chi connectivity index (χ0v) is 21.3. The van der Waals surface area contributed by atoms with Crippen LogP contribution in [0.4, 0.5) is 10.5 Å². The van der Waals surface area contributed by atoms with Gasteiger partial charge < -0.3 is 19.1 Å². The maximum atomic E-state index is 13.5. The summed E-state index contributed by atoms with van der Waals surface area (Å²) in [5.74, 6) is -0.755. The topological polar surface area (TPSA) is 137 Å². The van der Waals surface area contributed by atoms with Crippen molar-refractivity contribution in [2.45, 2.75) is 57.8 Å². The van der Waals surface area contributed by atoms with Crippen LogP contribution in [0.15, 0.2) is 23.0 Å². The Morgan fingerprint density at radius 2 is 2.00 bits per heavy atom. The molecule has 3 aromatic rings. The van der Waals surface area contributed by atoms with Gasteiger partial charge in [0.25, 0.3) is 5.56 Å². The van der Waals surface area contributed by atoms with Gasteiger partial charge in [-0.25, -0.2) is 14.6 Å². The summed E-state index contributed by atoms with van der Waals surface area (Å²) in [7, 11) is 0. The molecular formula is C27H24ClN3O7. The largest absolute Gasteiger partial charge is 0.458 e. The number of hydrogen-bond acceptors (Lipinski definition) is 8. The van der Waals surface area contributed by atoms with E-state index in [1.165, 1.54) is 0 Å². The lowest BCUT2D eigenvalue weighted by Gasteiger charge is -2.31. The third kappa shape index (κ3) is 3.62. The van der Waals surface area contributed by atoms with Crippen molar-refractivity contribution in [3.05, 3.63) is 56.4 Å². The molecule has 4 heterocycles. The summed E-state index contributed by atoms with van der Waals surface area (Å²) >= 11 is 5.30. The number of ether oxygens (including phenoxy) is 2. The molecule has 11 heteroatoms. The quantitative estimate of drug-likeness (QED) is 0.292. The third-order valence-corrected chi connectivity index (χ3v) is 7.89. The van der Waals surface area contributed by atoms with E-state index in [2.05, 4.69) is 5.32 Å². The zero-order valence-electron chi connectivity index (χ0n) is 20.6. The monoisotopic (exact) mass is 537 g/mol. The molecule has 2 aromatic heterocycles. The fraction of sp³-hybridized carbons (Fsp3) is 0.370. The Morgan fingerprint density at radius 3 is 2.76 bits per heavy atom. The van der Waals surface area contributed by atoms with E-state index in [1.807, 2.05) is 6.07 Å². The first-order valence-corrected chi connectivity index (χ1v) is 12.9. The van der Waals surface area contributed by atoms with Gasteiger partial charge in [0.15, 0.2) is 5.60 Å². The number of rotatable bonds is 5. The second kappa shape index (κ2) is 8.92. The van der Waals surface area contributed by atoms with Crippen LogP contribution in [0.2, 0.25) is 0 Å². The highest BCUT2D eigenvalue weighted by molar-refractivity contribution is 6.63. The number of aryl methyl sites for hydroxylation is 2. The lowest BCUT2D eigenvalue weighted by molar-refractivity contribution is -0.172. The number of amides is 1. The Bertz CT molecular complexity index is 1630. The first-order valence-electron chi connectivity index (χ1n) is 12.5. The Balaban J connectivity index is 1.45. The van der Waals surface area contributed by atoms with Gasteiger partial charge in [-0.2, -0.15) is 0 Å². The van der Waals surface area contributed by atoms with Crippen LogP contribution < -0.4 is 10.9 Å². The molecule has 38 heavy (non-hydrogen) atoms. The summed E-state index contributed by atoms with van der Waals surface area (Å²) in [5, 5.41) is 14.2. The molecule has 10 nitrogen and oxygen atoms in total. The van der Waals surface area contributed by atoms with Crippen molar-refractivity contribution in [2.75, 3.05) is 11.9 Å². The van der Waals surface area contributed by atoms with Gasteiger partial charge in [0.05, 0.1) is 35.4 Å². The number of fused-ring (bicyclic) bond motifs is 5. The van der Waals surface area contributed by atoms with Crippen LogP contribution in [0.1, 0.15) is 54.0 Å². The maximum absolute atomic E-state index is 13.5. The molecular weight excluding hydrogens is 514 g/mol. The van der Waals surface area contributed by atoms with Crippen LogP contribution >= 0.6 is 11.6 Å². The number of nitrogens with zero attached hydrogens (tertiary/aromatic N) is 2. The number of aromatic nitrogens is 2. The van der Waals surface area contributed by atoms with E-state index in [0.29, 0.717) is 23.6 Å². The van der Waals surface area contributed by atoms with Gasteiger partial charge >= 0.3 is 12.1 Å². The number of halogens is 1. The predicted octanol–water partition coefficient (Wildman–Crippen LogP) is 3.27. The molecule has 0 radical (unpaired) electrons. The molecule has 1 aliphatic carbocycles. The summed E-state index contributed by atoms with van der Waals surface area (Å²) in [5.41, 5.74) is 3.86. The summed E-state index contributed by atoms with van der Waals surface area (Å²) in [6.45, 7) is 1.70. The van der Waals surface area contributed by atoms with Crippen LogP contribution in [0.5, 0.6) is 0 Å². The van der Waals surface area contributed by atoms with E-state index in [0.717, 1.165) is 46.9 Å². The van der Waals surface area contributed by atoms with E-state index in [9.17, 15) is 24.3 Å². The summed E-state index contributed by atoms with van der Waals surface area (Å²) in [6.07, 6.45) is 1.68. The molecule has 2 aliphatic heterocycles. The van der Waals surface area contributed by atoms with Gasteiger partial charge in [0.1, 0.15) is 13.2 Å². The van der Waals surface area contributed by atoms with Crippen LogP contribution in [0, 0.1) is 0 Å². The maximum Gasteiger partial charge on any atom is 0.411 e. The Labute approximate surface area is 221 Å². The Kier molecular flexibility index (Phi) is 5.77. The van der Waals surface area contributed by atoms with Crippen LogP contribution in [-0.2, 0) is 50.7 Å². The number of anilines is 1. The molecule has 0 saturated carbocycles. The molecule has 1 atom stereocenters. The number of esters is 1. The second-order valence-corrected chi connectivity index (χ2v) is 10.1.